The Balaban J connectivity index is 5.47. The van der Waals surface area contributed by atoms with E-state index in [9.17, 15) is 43.2 Å². The first-order valence-electron chi connectivity index (χ1n) is 38.1. The molecule has 0 saturated carbocycles. The molecule has 0 radical (unpaired) electrons. The average molecular weight is 1440 g/mol. The molecule has 0 rings (SSSR count). The lowest BCUT2D eigenvalue weighted by molar-refractivity contribution is -0.161. The zero-order valence-electron chi connectivity index (χ0n) is 62.1. The van der Waals surface area contributed by atoms with Crippen LogP contribution in [0.5, 0.6) is 0 Å². The second kappa shape index (κ2) is 72.3. The lowest BCUT2D eigenvalue weighted by Gasteiger charge is -2.21. The summed E-state index contributed by atoms with van der Waals surface area (Å²) in [6.07, 6.45) is 81.5. The first-order chi connectivity index (χ1) is 48.7. The van der Waals surface area contributed by atoms with Crippen molar-refractivity contribution in [2.24, 2.45) is 0 Å². The molecule has 5 atom stereocenters. The van der Waals surface area contributed by atoms with Crippen LogP contribution in [0.2, 0.25) is 0 Å². The number of phosphoric acid groups is 2. The van der Waals surface area contributed by atoms with E-state index in [0.717, 1.165) is 167 Å². The zero-order valence-corrected chi connectivity index (χ0v) is 63.9. The van der Waals surface area contributed by atoms with Crippen molar-refractivity contribution >= 4 is 39.5 Å². The Labute approximate surface area is 605 Å². The molecule has 0 aromatic carbocycles. The number of aliphatic hydroxyl groups is 1. The van der Waals surface area contributed by atoms with Crippen molar-refractivity contribution in [3.8, 4) is 0 Å². The third-order valence-corrected chi connectivity index (χ3v) is 17.2. The van der Waals surface area contributed by atoms with Crippen LogP contribution in [0.1, 0.15) is 285 Å². The Bertz CT molecular complexity index is 2470. The summed E-state index contributed by atoms with van der Waals surface area (Å²) in [5, 5.41) is 10.6. The topological polar surface area (TPSA) is 237 Å². The lowest BCUT2D eigenvalue weighted by atomic mass is 10.1. The fraction of sp³-hybridized carbons (Fsp3) is 0.654. The van der Waals surface area contributed by atoms with Gasteiger partial charge in [0.1, 0.15) is 19.3 Å². The maximum Gasteiger partial charge on any atom is 0.472 e. The van der Waals surface area contributed by atoms with E-state index in [1.165, 1.54) is 38.5 Å². The molecule has 0 aliphatic carbocycles. The Hall–Kier alpha value is -5.06. The highest BCUT2D eigenvalue weighted by molar-refractivity contribution is 7.47. The molecule has 0 amide bonds. The Morgan fingerprint density at radius 1 is 0.300 bits per heavy atom. The van der Waals surface area contributed by atoms with Crippen LogP contribution < -0.4 is 0 Å². The van der Waals surface area contributed by atoms with Gasteiger partial charge in [-0.3, -0.25) is 37.3 Å². The minimum Gasteiger partial charge on any atom is -0.462 e. The van der Waals surface area contributed by atoms with Crippen LogP contribution >= 0.6 is 15.6 Å². The number of unbranched alkanes of at least 4 members (excludes halogenated alkanes) is 21. The molecular formula is C81H134O17P2. The van der Waals surface area contributed by atoms with Gasteiger partial charge in [-0.15, -0.1) is 0 Å². The van der Waals surface area contributed by atoms with Gasteiger partial charge >= 0.3 is 39.5 Å². The lowest BCUT2D eigenvalue weighted by Crippen LogP contribution is -2.30. The summed E-state index contributed by atoms with van der Waals surface area (Å²) >= 11 is 0. The van der Waals surface area contributed by atoms with Gasteiger partial charge in [-0.25, -0.2) is 9.13 Å². The molecule has 100 heavy (non-hydrogen) atoms. The summed E-state index contributed by atoms with van der Waals surface area (Å²) in [4.78, 5) is 72.8. The molecule has 0 saturated heterocycles. The first-order valence-corrected chi connectivity index (χ1v) is 41.1. The van der Waals surface area contributed by atoms with Gasteiger partial charge in [-0.2, -0.15) is 0 Å². The summed E-state index contributed by atoms with van der Waals surface area (Å²) in [5.41, 5.74) is 0. The predicted octanol–water partition coefficient (Wildman–Crippen LogP) is 21.9. The molecule has 17 nitrogen and oxygen atoms in total. The average Bonchev–Trinajstić information content (AvgIpc) is 1.01. The monoisotopic (exact) mass is 1440 g/mol. The van der Waals surface area contributed by atoms with E-state index in [1.54, 1.807) is 6.08 Å². The maximum atomic E-state index is 13.1. The van der Waals surface area contributed by atoms with E-state index in [-0.39, 0.29) is 25.7 Å². The molecule has 3 N–H and O–H groups in total. The largest absolute Gasteiger partial charge is 0.472 e. The summed E-state index contributed by atoms with van der Waals surface area (Å²) in [6.45, 7) is 4.41. The molecule has 0 heterocycles. The van der Waals surface area contributed by atoms with Crippen molar-refractivity contribution in [1.82, 2.24) is 0 Å². The minimum absolute atomic E-state index is 0.0550. The number of esters is 4. The smallest absolute Gasteiger partial charge is 0.462 e. The van der Waals surface area contributed by atoms with Crippen LogP contribution in [0.25, 0.3) is 0 Å². The van der Waals surface area contributed by atoms with Gasteiger partial charge in [0.15, 0.2) is 12.2 Å². The van der Waals surface area contributed by atoms with Gasteiger partial charge in [0.25, 0.3) is 0 Å². The van der Waals surface area contributed by atoms with Gasteiger partial charge in [0.2, 0.25) is 0 Å². The molecule has 0 fully saturated rings. The zero-order chi connectivity index (χ0) is 73.2. The normalized spacial score (nSPS) is 14.8. The van der Waals surface area contributed by atoms with E-state index in [0.29, 0.717) is 25.7 Å². The number of carbonyl (C=O) groups is 4. The van der Waals surface area contributed by atoms with Crippen molar-refractivity contribution < 1.29 is 80.2 Å². The predicted molar refractivity (Wildman–Crippen MR) is 408 cm³/mol. The van der Waals surface area contributed by atoms with E-state index in [2.05, 4.69) is 149 Å². The Morgan fingerprint density at radius 2 is 0.560 bits per heavy atom. The molecule has 570 valence electrons. The highest BCUT2D eigenvalue weighted by Crippen LogP contribution is 2.45. The number of carbonyl (C=O) groups excluding carboxylic acids is 4. The third-order valence-electron chi connectivity index (χ3n) is 15.3. The van der Waals surface area contributed by atoms with Crippen molar-refractivity contribution in [2.75, 3.05) is 39.6 Å². The second-order valence-corrected chi connectivity index (χ2v) is 27.7. The summed E-state index contributed by atoms with van der Waals surface area (Å²) in [6, 6.07) is 0. The number of hydrogen-bond donors (Lipinski definition) is 3. The van der Waals surface area contributed by atoms with Gasteiger partial charge in [0, 0.05) is 19.3 Å². The molecule has 0 spiro atoms. The number of ether oxygens (including phenoxy) is 4. The molecule has 19 heteroatoms. The van der Waals surface area contributed by atoms with Crippen molar-refractivity contribution in [3.63, 3.8) is 0 Å². The van der Waals surface area contributed by atoms with Crippen LogP contribution in [0.4, 0.5) is 0 Å². The van der Waals surface area contributed by atoms with E-state index >= 15 is 0 Å². The van der Waals surface area contributed by atoms with E-state index < -0.39 is 97.5 Å². The Morgan fingerprint density at radius 3 is 0.890 bits per heavy atom. The van der Waals surface area contributed by atoms with Crippen LogP contribution in [-0.4, -0.2) is 96.7 Å². The number of hydrogen-bond acceptors (Lipinski definition) is 15. The molecule has 0 aliphatic heterocycles. The highest BCUT2D eigenvalue weighted by Gasteiger charge is 2.30. The van der Waals surface area contributed by atoms with E-state index in [4.69, 9.17) is 37.0 Å². The van der Waals surface area contributed by atoms with Crippen LogP contribution in [0.15, 0.2) is 146 Å². The third kappa shape index (κ3) is 71.3. The van der Waals surface area contributed by atoms with Crippen LogP contribution in [0.3, 0.4) is 0 Å². The fourth-order valence-electron chi connectivity index (χ4n) is 9.54. The SMILES string of the molecule is CC/C=C\C/C=C\C/C=C\C/C=C\C/C=C\CC(=O)OCC(COP(=O)(O)OCC(O)COP(=O)(O)OCC(COC(=O)CCCCCCC/C=C\C/C=C\C/C=C\CC)OC(=O)CCCCCCC/C=C\C/C=C\CCCCC)OC(=O)CCCCCCC/C=C\C/C=C\CCCCC. The Kier molecular flexibility index (Phi) is 68.6. The van der Waals surface area contributed by atoms with Crippen LogP contribution in [-0.2, 0) is 65.4 Å². The molecule has 0 bridgehead atoms. The van der Waals surface area contributed by atoms with Crippen molar-refractivity contribution in [2.45, 2.75) is 303 Å². The summed E-state index contributed by atoms with van der Waals surface area (Å²) in [7, 11) is -10.00. The highest BCUT2D eigenvalue weighted by atomic mass is 31.2. The number of aliphatic hydroxyl groups excluding tert-OH is 1. The van der Waals surface area contributed by atoms with E-state index in [1.807, 2.05) is 18.2 Å². The van der Waals surface area contributed by atoms with Crippen LogP contribution in [0, 0.1) is 0 Å². The quantitative estimate of drug-likeness (QED) is 0.0169. The molecular weight excluding hydrogens is 1310 g/mol. The minimum atomic E-state index is -5.00. The summed E-state index contributed by atoms with van der Waals surface area (Å²) < 4.78 is 68.3. The van der Waals surface area contributed by atoms with Gasteiger partial charge in [0.05, 0.1) is 32.8 Å². The van der Waals surface area contributed by atoms with Crippen molar-refractivity contribution in [3.05, 3.63) is 146 Å². The standard InChI is InChI=1S/C81H134O17P2/c1-5-9-13-17-21-25-29-33-37-41-45-49-53-57-61-65-78(83)91-71-76(97-80(85)67-63-59-55-51-47-43-39-35-31-27-23-19-15-11-7-3)73-95-99(87,88)93-69-75(82)70-94-100(89,90)96-74-77(98-81(86)68-64-60-56-52-48-44-40-36-32-28-24-20-16-12-8-4)72-92-79(84)66-62-58-54-50-46-42-38-34-30-26-22-18-14-10-6-2/h9-10,13-14,21-28,33-40,45,49,57,61,75-77,82H,5-8,11-12,15-20,29-32,41-44,46-48,50-56,58-60,62-74H2,1-4H3,(H,87,88)(H,89,90)/b13-9-,14-10-,25-21-,26-22-,27-23-,28-24-,37-33-,38-34-,39-35-,40-36-,49-45-,61-57-. The number of rotatable bonds is 70. The van der Waals surface area contributed by atoms with Crippen molar-refractivity contribution in [1.29, 1.82) is 0 Å². The van der Waals surface area contributed by atoms with Gasteiger partial charge in [-0.1, -0.05) is 257 Å². The molecule has 0 aliphatic rings. The molecule has 0 aromatic rings. The van der Waals surface area contributed by atoms with Gasteiger partial charge in [-0.05, 0) is 148 Å². The molecule has 5 unspecified atom stereocenters. The molecule has 0 aromatic heterocycles. The first kappa shape index (κ1) is 94.9. The second-order valence-electron chi connectivity index (χ2n) is 24.8. The fourth-order valence-corrected chi connectivity index (χ4v) is 11.1. The number of phosphoric ester groups is 2. The van der Waals surface area contributed by atoms with Gasteiger partial charge < -0.3 is 33.8 Å². The summed E-state index contributed by atoms with van der Waals surface area (Å²) in [5.74, 6) is -2.38. The maximum absolute atomic E-state index is 13.1. The number of allylic oxidation sites excluding steroid dienone is 23.